The number of hydrogen-bond acceptors (Lipinski definition) is 3. The van der Waals surface area contributed by atoms with E-state index in [2.05, 4.69) is 0 Å². The molecule has 2 N–H and O–H groups in total. The van der Waals surface area contributed by atoms with Crippen LogP contribution < -0.4 is 0 Å². The Morgan fingerprint density at radius 1 is 1.32 bits per heavy atom. The minimum absolute atomic E-state index is 0.0823. The average Bonchev–Trinajstić information content (AvgIpc) is 2.47. The van der Waals surface area contributed by atoms with Gasteiger partial charge in [-0.3, -0.25) is 4.79 Å². The smallest absolute Gasteiger partial charge is 0.414 e. The number of hydrogen-bond donors (Lipinski definition) is 2. The lowest BCUT2D eigenvalue weighted by Crippen LogP contribution is -2.45. The van der Waals surface area contributed by atoms with Gasteiger partial charge in [0, 0.05) is 13.1 Å². The molecule has 22 heavy (non-hydrogen) atoms. The van der Waals surface area contributed by atoms with Crippen molar-refractivity contribution >= 4 is 5.91 Å². The highest BCUT2D eigenvalue weighted by Crippen LogP contribution is 2.32. The van der Waals surface area contributed by atoms with Gasteiger partial charge in [-0.05, 0) is 37.8 Å². The molecule has 1 aromatic carbocycles. The minimum atomic E-state index is -4.63. The van der Waals surface area contributed by atoms with E-state index in [1.54, 1.807) is 19.1 Å². The second-order valence-corrected chi connectivity index (χ2v) is 5.64. The Labute approximate surface area is 126 Å². The van der Waals surface area contributed by atoms with Crippen molar-refractivity contribution in [2.75, 3.05) is 13.1 Å². The first-order chi connectivity index (χ1) is 10.2. The number of phenols is 1. The van der Waals surface area contributed by atoms with Crippen molar-refractivity contribution < 1.29 is 28.2 Å². The maximum atomic E-state index is 12.5. The molecule has 1 atom stereocenters. The summed E-state index contributed by atoms with van der Waals surface area (Å²) in [5.74, 6) is -1.44. The molecule has 1 fully saturated rings. The fraction of sp³-hybridized carbons (Fsp3) is 0.533. The monoisotopic (exact) mass is 317 g/mol. The lowest BCUT2D eigenvalue weighted by Gasteiger charge is -2.34. The van der Waals surface area contributed by atoms with Gasteiger partial charge in [-0.2, -0.15) is 13.2 Å². The van der Waals surface area contributed by atoms with Crippen LogP contribution in [0.5, 0.6) is 5.75 Å². The number of aryl methyl sites for hydroxylation is 1. The molecule has 1 amide bonds. The number of rotatable bonds is 2. The second kappa shape index (κ2) is 6.16. The number of likely N-dealkylation sites (tertiary alicyclic amines) is 1. The van der Waals surface area contributed by atoms with Gasteiger partial charge in [0.1, 0.15) is 5.75 Å². The summed E-state index contributed by atoms with van der Waals surface area (Å²) in [4.78, 5) is 13.7. The Bertz CT molecular complexity index is 551. The van der Waals surface area contributed by atoms with Crippen molar-refractivity contribution in [1.82, 2.24) is 4.90 Å². The molecule has 0 bridgehead atoms. The van der Waals surface area contributed by atoms with Gasteiger partial charge in [0.25, 0.3) is 5.91 Å². The van der Waals surface area contributed by atoms with Crippen LogP contribution in [0.15, 0.2) is 18.2 Å². The molecule has 2 rings (SSSR count). The van der Waals surface area contributed by atoms with Crippen LogP contribution in [0, 0.1) is 12.8 Å². The molecule has 1 aromatic rings. The second-order valence-electron chi connectivity index (χ2n) is 5.64. The molecule has 1 aliphatic heterocycles. The van der Waals surface area contributed by atoms with E-state index in [4.69, 9.17) is 0 Å². The Morgan fingerprint density at radius 3 is 2.45 bits per heavy atom. The number of aliphatic hydroxyl groups is 1. The molecule has 0 radical (unpaired) electrons. The fourth-order valence-electron chi connectivity index (χ4n) is 2.68. The van der Waals surface area contributed by atoms with Crippen LogP contribution in [-0.2, 0) is 0 Å². The lowest BCUT2D eigenvalue weighted by atomic mass is 9.90. The Balaban J connectivity index is 2.02. The fourth-order valence-corrected chi connectivity index (χ4v) is 2.68. The van der Waals surface area contributed by atoms with Gasteiger partial charge in [-0.25, -0.2) is 0 Å². The Kier molecular flexibility index (Phi) is 4.65. The summed E-state index contributed by atoms with van der Waals surface area (Å²) in [6.07, 6.45) is -6.82. The molecule has 7 heteroatoms. The molecule has 1 heterocycles. The van der Waals surface area contributed by atoms with Crippen molar-refractivity contribution in [1.29, 1.82) is 0 Å². The van der Waals surface area contributed by atoms with E-state index in [0.717, 1.165) is 5.56 Å². The van der Waals surface area contributed by atoms with Gasteiger partial charge in [-0.1, -0.05) is 11.6 Å². The van der Waals surface area contributed by atoms with Crippen LogP contribution in [0.4, 0.5) is 13.2 Å². The predicted octanol–water partition coefficient (Wildman–Crippen LogP) is 2.48. The molecule has 1 saturated heterocycles. The van der Waals surface area contributed by atoms with Crippen LogP contribution in [0.25, 0.3) is 0 Å². The Hall–Kier alpha value is -1.76. The summed E-state index contributed by atoms with van der Waals surface area (Å²) >= 11 is 0. The lowest BCUT2D eigenvalue weighted by molar-refractivity contribution is -0.222. The number of carbonyl (C=O) groups is 1. The van der Waals surface area contributed by atoms with Gasteiger partial charge in [0.05, 0.1) is 5.56 Å². The molecule has 1 unspecified atom stereocenters. The third kappa shape index (κ3) is 3.52. The number of halogens is 3. The van der Waals surface area contributed by atoms with Crippen LogP contribution in [0.3, 0.4) is 0 Å². The third-order valence-corrected chi connectivity index (χ3v) is 3.99. The number of phenolic OH excluding ortho intramolecular Hbond substituents is 1. The highest BCUT2D eigenvalue weighted by Gasteiger charge is 2.44. The van der Waals surface area contributed by atoms with E-state index in [1.165, 1.54) is 11.0 Å². The molecular weight excluding hydrogens is 299 g/mol. The summed E-state index contributed by atoms with van der Waals surface area (Å²) in [6, 6.07) is 4.63. The van der Waals surface area contributed by atoms with E-state index in [0.29, 0.717) is 0 Å². The van der Waals surface area contributed by atoms with E-state index in [9.17, 15) is 28.2 Å². The summed E-state index contributed by atoms with van der Waals surface area (Å²) in [7, 11) is 0. The molecule has 0 spiro atoms. The van der Waals surface area contributed by atoms with Crippen LogP contribution in [0.2, 0.25) is 0 Å². The number of nitrogens with zero attached hydrogens (tertiary/aromatic N) is 1. The van der Waals surface area contributed by atoms with Gasteiger partial charge >= 0.3 is 6.18 Å². The van der Waals surface area contributed by atoms with Crippen LogP contribution in [0.1, 0.15) is 28.8 Å². The quantitative estimate of drug-likeness (QED) is 0.881. The number of benzene rings is 1. The van der Waals surface area contributed by atoms with Crippen molar-refractivity contribution in [3.63, 3.8) is 0 Å². The van der Waals surface area contributed by atoms with Crippen molar-refractivity contribution in [3.05, 3.63) is 29.3 Å². The topological polar surface area (TPSA) is 60.8 Å². The normalized spacial score (nSPS) is 18.3. The molecule has 1 aliphatic rings. The predicted molar refractivity (Wildman–Crippen MR) is 73.5 cm³/mol. The molecule has 0 aliphatic carbocycles. The number of amides is 1. The van der Waals surface area contributed by atoms with E-state index in [1.807, 2.05) is 0 Å². The van der Waals surface area contributed by atoms with Crippen molar-refractivity contribution in [3.8, 4) is 5.75 Å². The van der Waals surface area contributed by atoms with Crippen molar-refractivity contribution in [2.45, 2.75) is 32.0 Å². The summed E-state index contributed by atoms with van der Waals surface area (Å²) < 4.78 is 37.5. The van der Waals surface area contributed by atoms with Crippen molar-refractivity contribution in [2.24, 2.45) is 5.92 Å². The third-order valence-electron chi connectivity index (χ3n) is 3.99. The number of aromatic hydroxyl groups is 1. The summed E-state index contributed by atoms with van der Waals surface area (Å²) in [5, 5.41) is 19.0. The van der Waals surface area contributed by atoms with E-state index in [-0.39, 0.29) is 37.2 Å². The number of piperidine rings is 1. The summed E-state index contributed by atoms with van der Waals surface area (Å²) in [6.45, 7) is 2.04. The highest BCUT2D eigenvalue weighted by atomic mass is 19.4. The molecule has 122 valence electrons. The van der Waals surface area contributed by atoms with Crippen LogP contribution >= 0.6 is 0 Å². The average molecular weight is 317 g/mol. The maximum absolute atomic E-state index is 12.5. The zero-order valence-electron chi connectivity index (χ0n) is 12.1. The van der Waals surface area contributed by atoms with Gasteiger partial charge in [-0.15, -0.1) is 0 Å². The molecule has 4 nitrogen and oxygen atoms in total. The number of carbonyl (C=O) groups excluding carboxylic acids is 1. The molecular formula is C15H18F3NO3. The Morgan fingerprint density at radius 2 is 1.91 bits per heavy atom. The van der Waals surface area contributed by atoms with Crippen LogP contribution in [-0.4, -0.2) is 46.4 Å². The molecule has 0 saturated carbocycles. The standard InChI is InChI=1S/C15H18F3NO3/c1-9-2-3-12(20)11(8-9)14(22)19-6-4-10(5-7-19)13(21)15(16,17)18/h2-3,8,10,13,20-21H,4-7H2,1H3. The van der Waals surface area contributed by atoms with E-state index >= 15 is 0 Å². The van der Waals surface area contributed by atoms with Gasteiger partial charge < -0.3 is 15.1 Å². The SMILES string of the molecule is Cc1ccc(O)c(C(=O)N2CCC(C(O)C(F)(F)F)CC2)c1. The van der Waals surface area contributed by atoms with Gasteiger partial charge in [0.2, 0.25) is 0 Å². The first kappa shape index (κ1) is 16.6. The largest absolute Gasteiger partial charge is 0.507 e. The first-order valence-electron chi connectivity index (χ1n) is 7.04. The maximum Gasteiger partial charge on any atom is 0.414 e. The summed E-state index contributed by atoms with van der Waals surface area (Å²) in [5.41, 5.74) is 0.957. The zero-order chi connectivity index (χ0) is 16.5. The van der Waals surface area contributed by atoms with Gasteiger partial charge in [0.15, 0.2) is 6.10 Å². The van der Waals surface area contributed by atoms with E-state index < -0.39 is 24.1 Å². The minimum Gasteiger partial charge on any atom is -0.507 e. The number of alkyl halides is 3. The molecule has 0 aromatic heterocycles. The zero-order valence-corrected chi connectivity index (χ0v) is 12.1. The first-order valence-corrected chi connectivity index (χ1v) is 7.04. The number of aliphatic hydroxyl groups excluding tert-OH is 1. The highest BCUT2D eigenvalue weighted by molar-refractivity contribution is 5.97.